The molecule has 0 spiro atoms. The number of hydrogen-bond acceptors (Lipinski definition) is 5. The third-order valence-corrected chi connectivity index (χ3v) is 1.29. The molecule has 13 heavy (non-hydrogen) atoms. The van der Waals surface area contributed by atoms with Crippen LogP contribution in [0.1, 0.15) is 26.7 Å². The van der Waals surface area contributed by atoms with Crippen molar-refractivity contribution in [2.45, 2.75) is 44.9 Å². The van der Waals surface area contributed by atoms with Gasteiger partial charge in [-0.05, 0) is 20.3 Å². The summed E-state index contributed by atoms with van der Waals surface area (Å²) < 4.78 is 4.82. The van der Waals surface area contributed by atoms with Gasteiger partial charge in [-0.3, -0.25) is 0 Å². The van der Waals surface area contributed by atoms with E-state index in [0.717, 1.165) is 6.42 Å². The fourth-order valence-corrected chi connectivity index (χ4v) is 0.821. The van der Waals surface area contributed by atoms with Gasteiger partial charge in [0.2, 0.25) is 0 Å². The van der Waals surface area contributed by atoms with E-state index in [1.807, 2.05) is 0 Å². The van der Waals surface area contributed by atoms with E-state index in [1.165, 1.54) is 13.8 Å². The van der Waals surface area contributed by atoms with Crippen molar-refractivity contribution >= 4 is 0 Å². The second kappa shape index (κ2) is 5.51. The average molecular weight is 194 g/mol. The number of rotatable bonds is 1. The smallest absolute Gasteiger partial charge is 0.156 e. The summed E-state index contributed by atoms with van der Waals surface area (Å²) >= 11 is 0. The van der Waals surface area contributed by atoms with Crippen LogP contribution < -0.4 is 0 Å². The van der Waals surface area contributed by atoms with E-state index in [0.29, 0.717) is 6.42 Å². The highest BCUT2D eigenvalue weighted by Crippen LogP contribution is 2.16. The van der Waals surface area contributed by atoms with Gasteiger partial charge in [0.05, 0.1) is 12.7 Å². The third-order valence-electron chi connectivity index (χ3n) is 1.29. The first kappa shape index (κ1) is 12.8. The molecule has 5 nitrogen and oxygen atoms in total. The molecule has 4 N–H and O–H groups in total. The molecule has 0 aromatic carbocycles. The molecule has 0 radical (unpaired) electrons. The van der Waals surface area contributed by atoms with Crippen LogP contribution in [0.4, 0.5) is 0 Å². The van der Waals surface area contributed by atoms with Crippen molar-refractivity contribution in [3.8, 4) is 0 Å². The van der Waals surface area contributed by atoms with Gasteiger partial charge in [-0.15, -0.1) is 0 Å². The minimum absolute atomic E-state index is 0.0249. The highest BCUT2D eigenvalue weighted by Gasteiger charge is 2.21. The van der Waals surface area contributed by atoms with Crippen molar-refractivity contribution in [2.24, 2.45) is 0 Å². The molecule has 1 aliphatic rings. The molecule has 0 aromatic rings. The lowest BCUT2D eigenvalue weighted by Gasteiger charge is -2.04. The lowest BCUT2D eigenvalue weighted by Crippen LogP contribution is -2.15. The quantitative estimate of drug-likeness (QED) is 0.410. The predicted octanol–water partition coefficient (Wildman–Crippen LogP) is -0.817. The fraction of sp³-hybridized carbons (Fsp3) is 1.00. The Morgan fingerprint density at radius 3 is 1.92 bits per heavy atom. The zero-order valence-electron chi connectivity index (χ0n) is 7.97. The second-order valence-corrected chi connectivity index (χ2v) is 3.47. The number of aliphatic hydroxyl groups excluding tert-OH is 2. The Kier molecular flexibility index (Phi) is 5.43. The van der Waals surface area contributed by atoms with E-state index in [9.17, 15) is 0 Å². The zero-order chi connectivity index (χ0) is 10.5. The van der Waals surface area contributed by atoms with Crippen molar-refractivity contribution in [3.05, 3.63) is 0 Å². The molecule has 1 rings (SSSR count). The van der Waals surface area contributed by atoms with Gasteiger partial charge in [0.1, 0.15) is 0 Å². The Hall–Kier alpha value is -0.200. The van der Waals surface area contributed by atoms with Crippen molar-refractivity contribution in [3.63, 3.8) is 0 Å². The van der Waals surface area contributed by atoms with E-state index in [-0.39, 0.29) is 12.7 Å². The maximum absolute atomic E-state index is 8.70. The highest BCUT2D eigenvalue weighted by atomic mass is 16.6. The molecule has 2 unspecified atom stereocenters. The molecule has 1 fully saturated rings. The molecule has 5 heteroatoms. The maximum Gasteiger partial charge on any atom is 0.156 e. The molecule has 0 aliphatic carbocycles. The summed E-state index contributed by atoms with van der Waals surface area (Å²) in [5, 5.41) is 33.3. The Labute approximate surface area is 77.6 Å². The van der Waals surface area contributed by atoms with Crippen LogP contribution in [0.5, 0.6) is 0 Å². The molecule has 0 amide bonds. The first-order valence-corrected chi connectivity index (χ1v) is 4.22. The second-order valence-electron chi connectivity index (χ2n) is 3.47. The standard InChI is InChI=1S/C5H10O3.C3H8O2/c6-3-4-1-2-5(7)8-4;1-3(2,4)5/h4-7H,1-3H2;4-5H,1-2H3. The molecular weight excluding hydrogens is 176 g/mol. The summed E-state index contributed by atoms with van der Waals surface area (Å²) in [4.78, 5) is 0. The lowest BCUT2D eigenvalue weighted by atomic mass is 10.2. The summed E-state index contributed by atoms with van der Waals surface area (Å²) in [6.07, 6.45) is 0.681. The van der Waals surface area contributed by atoms with E-state index >= 15 is 0 Å². The topological polar surface area (TPSA) is 90.2 Å². The normalized spacial score (nSPS) is 28.2. The Morgan fingerprint density at radius 2 is 1.77 bits per heavy atom. The summed E-state index contributed by atoms with van der Waals surface area (Å²) in [6, 6.07) is 0. The zero-order valence-corrected chi connectivity index (χ0v) is 7.97. The van der Waals surface area contributed by atoms with E-state index in [2.05, 4.69) is 0 Å². The molecule has 1 saturated heterocycles. The average Bonchev–Trinajstić information content (AvgIpc) is 2.31. The van der Waals surface area contributed by atoms with Gasteiger partial charge in [0, 0.05) is 6.42 Å². The lowest BCUT2D eigenvalue weighted by molar-refractivity contribution is -0.127. The van der Waals surface area contributed by atoms with Crippen LogP contribution in [0.15, 0.2) is 0 Å². The molecule has 0 bridgehead atoms. The van der Waals surface area contributed by atoms with Gasteiger partial charge in [0.15, 0.2) is 12.1 Å². The fourth-order valence-electron chi connectivity index (χ4n) is 0.821. The van der Waals surface area contributed by atoms with Crippen LogP contribution in [0.3, 0.4) is 0 Å². The number of hydrogen-bond donors (Lipinski definition) is 4. The summed E-state index contributed by atoms with van der Waals surface area (Å²) in [5.74, 6) is -1.50. The SMILES string of the molecule is CC(C)(O)O.OCC1CCC(O)O1. The molecule has 1 heterocycles. The molecule has 1 aliphatic heterocycles. The predicted molar refractivity (Wildman–Crippen MR) is 45.7 cm³/mol. The van der Waals surface area contributed by atoms with Crippen LogP contribution in [-0.2, 0) is 4.74 Å². The van der Waals surface area contributed by atoms with Gasteiger partial charge in [-0.2, -0.15) is 0 Å². The summed E-state index contributed by atoms with van der Waals surface area (Å²) in [5.41, 5.74) is 0. The molecule has 80 valence electrons. The van der Waals surface area contributed by atoms with Crippen LogP contribution in [-0.4, -0.2) is 45.2 Å². The molecular formula is C8H18O5. The van der Waals surface area contributed by atoms with Crippen molar-refractivity contribution in [2.75, 3.05) is 6.61 Å². The Balaban J connectivity index is 0.000000252. The minimum atomic E-state index is -1.50. The maximum atomic E-state index is 8.70. The Morgan fingerprint density at radius 1 is 1.31 bits per heavy atom. The van der Waals surface area contributed by atoms with E-state index in [1.54, 1.807) is 0 Å². The van der Waals surface area contributed by atoms with Gasteiger partial charge in [-0.1, -0.05) is 0 Å². The van der Waals surface area contributed by atoms with Gasteiger partial charge in [-0.25, -0.2) is 0 Å². The van der Waals surface area contributed by atoms with Crippen LogP contribution in [0.25, 0.3) is 0 Å². The summed E-state index contributed by atoms with van der Waals surface area (Å²) in [7, 11) is 0. The first-order chi connectivity index (χ1) is 5.83. The number of aliphatic hydroxyl groups is 4. The first-order valence-electron chi connectivity index (χ1n) is 4.22. The van der Waals surface area contributed by atoms with E-state index < -0.39 is 12.1 Å². The monoisotopic (exact) mass is 194 g/mol. The number of ether oxygens (including phenoxy) is 1. The van der Waals surface area contributed by atoms with E-state index in [4.69, 9.17) is 25.2 Å². The van der Waals surface area contributed by atoms with Crippen molar-refractivity contribution in [1.29, 1.82) is 0 Å². The van der Waals surface area contributed by atoms with Crippen molar-refractivity contribution in [1.82, 2.24) is 0 Å². The van der Waals surface area contributed by atoms with Gasteiger partial charge < -0.3 is 25.2 Å². The van der Waals surface area contributed by atoms with Crippen LogP contribution in [0, 0.1) is 0 Å². The molecule has 2 atom stereocenters. The van der Waals surface area contributed by atoms with Crippen LogP contribution >= 0.6 is 0 Å². The minimum Gasteiger partial charge on any atom is -0.394 e. The van der Waals surface area contributed by atoms with Gasteiger partial charge >= 0.3 is 0 Å². The molecule has 0 saturated carbocycles. The Bertz CT molecular complexity index is 125. The molecule has 0 aromatic heterocycles. The van der Waals surface area contributed by atoms with Crippen molar-refractivity contribution < 1.29 is 25.2 Å². The third kappa shape index (κ3) is 9.72. The summed E-state index contributed by atoms with van der Waals surface area (Å²) in [6.45, 7) is 2.62. The van der Waals surface area contributed by atoms with Crippen LogP contribution in [0.2, 0.25) is 0 Å². The largest absolute Gasteiger partial charge is 0.394 e. The highest BCUT2D eigenvalue weighted by molar-refractivity contribution is 4.64. The van der Waals surface area contributed by atoms with Gasteiger partial charge in [0.25, 0.3) is 0 Å².